The molecule has 2 rings (SSSR count). The number of nitrogens with one attached hydrogen (secondary N) is 2. The van der Waals surface area contributed by atoms with Crippen molar-refractivity contribution in [2.45, 2.75) is 6.42 Å². The van der Waals surface area contributed by atoms with Crippen LogP contribution in [-0.2, 0) is 16.4 Å². The minimum Gasteiger partial charge on any atom is -0.352 e. The number of hydrogen-bond donors (Lipinski definition) is 2. The first-order valence-corrected chi connectivity index (χ1v) is 8.59. The molecule has 22 heavy (non-hydrogen) atoms. The number of carbonyl (C=O) groups excluding carboxylic acids is 1. The molecule has 116 valence electrons. The Balaban J connectivity index is 2.01. The van der Waals surface area contributed by atoms with Crippen molar-refractivity contribution in [3.05, 3.63) is 59.9 Å². The van der Waals surface area contributed by atoms with E-state index in [9.17, 15) is 13.2 Å². The van der Waals surface area contributed by atoms with Crippen LogP contribution in [0.2, 0.25) is 0 Å². The number of pyridine rings is 1. The number of anilines is 1. The Hall–Kier alpha value is -2.41. The molecule has 0 fully saturated rings. The largest absolute Gasteiger partial charge is 0.352 e. The average molecular weight is 319 g/mol. The summed E-state index contributed by atoms with van der Waals surface area (Å²) in [6.07, 6.45) is 5.13. The number of rotatable bonds is 6. The summed E-state index contributed by atoms with van der Waals surface area (Å²) in [6.45, 7) is 0.442. The molecule has 2 N–H and O–H groups in total. The van der Waals surface area contributed by atoms with Crippen molar-refractivity contribution < 1.29 is 13.2 Å². The van der Waals surface area contributed by atoms with Crippen molar-refractivity contribution in [2.24, 2.45) is 0 Å². The van der Waals surface area contributed by atoms with Gasteiger partial charge in [0.1, 0.15) is 0 Å². The van der Waals surface area contributed by atoms with Crippen LogP contribution >= 0.6 is 0 Å². The van der Waals surface area contributed by atoms with E-state index in [2.05, 4.69) is 15.0 Å². The van der Waals surface area contributed by atoms with Gasteiger partial charge in [0.05, 0.1) is 17.5 Å². The van der Waals surface area contributed by atoms with E-state index in [1.807, 2.05) is 12.1 Å². The average Bonchev–Trinajstić information content (AvgIpc) is 2.47. The van der Waals surface area contributed by atoms with Crippen LogP contribution in [0, 0.1) is 0 Å². The van der Waals surface area contributed by atoms with E-state index in [-0.39, 0.29) is 11.6 Å². The molecule has 0 unspecified atom stereocenters. The molecule has 0 saturated heterocycles. The third-order valence-corrected chi connectivity index (χ3v) is 3.48. The summed E-state index contributed by atoms with van der Waals surface area (Å²) in [6, 6.07) is 10.2. The third kappa shape index (κ3) is 4.85. The predicted octanol–water partition coefficient (Wildman–Crippen LogP) is 1.43. The Morgan fingerprint density at radius 2 is 1.95 bits per heavy atom. The zero-order chi connectivity index (χ0) is 16.0. The lowest BCUT2D eigenvalue weighted by Gasteiger charge is -2.11. The molecule has 0 radical (unpaired) electrons. The molecule has 0 aliphatic carbocycles. The van der Waals surface area contributed by atoms with Gasteiger partial charge in [0.15, 0.2) is 0 Å². The van der Waals surface area contributed by atoms with Crippen molar-refractivity contribution in [1.29, 1.82) is 0 Å². The Bertz CT molecular complexity index is 746. The van der Waals surface area contributed by atoms with E-state index in [4.69, 9.17) is 0 Å². The quantitative estimate of drug-likeness (QED) is 0.843. The smallest absolute Gasteiger partial charge is 0.253 e. The van der Waals surface area contributed by atoms with E-state index in [0.29, 0.717) is 18.5 Å². The van der Waals surface area contributed by atoms with Crippen molar-refractivity contribution in [3.63, 3.8) is 0 Å². The van der Waals surface area contributed by atoms with Crippen LogP contribution in [-0.4, -0.2) is 32.1 Å². The number of hydrogen-bond acceptors (Lipinski definition) is 4. The molecular formula is C15H17N3O3S. The molecule has 0 spiro atoms. The number of sulfonamides is 1. The first kappa shape index (κ1) is 16.0. The number of amides is 1. The highest BCUT2D eigenvalue weighted by molar-refractivity contribution is 7.92. The highest BCUT2D eigenvalue weighted by Crippen LogP contribution is 2.16. The first-order valence-electron chi connectivity index (χ1n) is 6.69. The molecule has 6 nitrogen and oxygen atoms in total. The maximum Gasteiger partial charge on any atom is 0.253 e. The van der Waals surface area contributed by atoms with Gasteiger partial charge in [0.25, 0.3) is 5.91 Å². The zero-order valence-corrected chi connectivity index (χ0v) is 12.9. The fourth-order valence-corrected chi connectivity index (χ4v) is 2.51. The van der Waals surface area contributed by atoms with Gasteiger partial charge in [-0.1, -0.05) is 18.2 Å². The van der Waals surface area contributed by atoms with Crippen LogP contribution in [0.5, 0.6) is 0 Å². The van der Waals surface area contributed by atoms with E-state index >= 15 is 0 Å². The van der Waals surface area contributed by atoms with Gasteiger partial charge in [-0.05, 0) is 30.2 Å². The maximum absolute atomic E-state index is 12.2. The minimum absolute atomic E-state index is 0.267. The van der Waals surface area contributed by atoms with Gasteiger partial charge in [0, 0.05) is 18.9 Å². The number of benzene rings is 1. The van der Waals surface area contributed by atoms with Crippen LogP contribution in [0.25, 0.3) is 0 Å². The molecule has 1 aromatic heterocycles. The standard InChI is InChI=1S/C15H17N3O3S/c1-22(20,21)18-14-7-3-2-6-13(14)15(19)17-10-8-12-5-4-9-16-11-12/h2-7,9,11,18H,8,10H2,1H3,(H,17,19). The number of aromatic nitrogens is 1. The van der Waals surface area contributed by atoms with Gasteiger partial charge < -0.3 is 5.32 Å². The van der Waals surface area contributed by atoms with Crippen LogP contribution < -0.4 is 10.0 Å². The van der Waals surface area contributed by atoms with Crippen molar-refractivity contribution in [3.8, 4) is 0 Å². The van der Waals surface area contributed by atoms with Crippen molar-refractivity contribution in [1.82, 2.24) is 10.3 Å². The Labute approximate surface area is 129 Å². The molecular weight excluding hydrogens is 302 g/mol. The van der Waals surface area contributed by atoms with Gasteiger partial charge in [-0.2, -0.15) is 0 Å². The van der Waals surface area contributed by atoms with Crippen LogP contribution in [0.15, 0.2) is 48.8 Å². The predicted molar refractivity (Wildman–Crippen MR) is 85.2 cm³/mol. The lowest BCUT2D eigenvalue weighted by Crippen LogP contribution is -2.27. The summed E-state index contributed by atoms with van der Waals surface area (Å²) in [5.74, 6) is -0.323. The fourth-order valence-electron chi connectivity index (χ4n) is 1.93. The van der Waals surface area contributed by atoms with Gasteiger partial charge in [-0.15, -0.1) is 0 Å². The van der Waals surface area contributed by atoms with Gasteiger partial charge in [-0.3, -0.25) is 14.5 Å². The highest BCUT2D eigenvalue weighted by atomic mass is 32.2. The summed E-state index contributed by atoms with van der Waals surface area (Å²) >= 11 is 0. The highest BCUT2D eigenvalue weighted by Gasteiger charge is 2.13. The fraction of sp³-hybridized carbons (Fsp3) is 0.200. The summed E-state index contributed by atoms with van der Waals surface area (Å²) in [5, 5.41) is 2.77. The van der Waals surface area contributed by atoms with E-state index in [1.54, 1.807) is 36.7 Å². The van der Waals surface area contributed by atoms with Gasteiger partial charge >= 0.3 is 0 Å². The second-order valence-electron chi connectivity index (χ2n) is 4.79. The monoisotopic (exact) mass is 319 g/mol. The topological polar surface area (TPSA) is 88.2 Å². The number of para-hydroxylation sites is 1. The Morgan fingerprint density at radius 3 is 2.64 bits per heavy atom. The van der Waals surface area contributed by atoms with Crippen molar-refractivity contribution in [2.75, 3.05) is 17.5 Å². The molecule has 0 atom stereocenters. The molecule has 0 saturated carbocycles. The molecule has 7 heteroatoms. The van der Waals surface area contributed by atoms with Crippen molar-refractivity contribution >= 4 is 21.6 Å². The molecule has 1 aromatic carbocycles. The minimum atomic E-state index is -3.43. The second-order valence-corrected chi connectivity index (χ2v) is 6.54. The third-order valence-electron chi connectivity index (χ3n) is 2.89. The maximum atomic E-state index is 12.2. The second kappa shape index (κ2) is 7.04. The molecule has 1 amide bonds. The lowest BCUT2D eigenvalue weighted by atomic mass is 10.1. The van der Waals surface area contributed by atoms with Crippen LogP contribution in [0.4, 0.5) is 5.69 Å². The molecule has 1 heterocycles. The summed E-state index contributed by atoms with van der Waals surface area (Å²) in [7, 11) is -3.43. The first-order chi connectivity index (χ1) is 10.5. The summed E-state index contributed by atoms with van der Waals surface area (Å²) < 4.78 is 25.0. The zero-order valence-electron chi connectivity index (χ0n) is 12.1. The molecule has 0 bridgehead atoms. The van der Waals surface area contributed by atoms with Crippen LogP contribution in [0.3, 0.4) is 0 Å². The molecule has 2 aromatic rings. The van der Waals surface area contributed by atoms with E-state index in [1.165, 1.54) is 0 Å². The normalized spacial score (nSPS) is 11.0. The number of carbonyl (C=O) groups is 1. The van der Waals surface area contributed by atoms with E-state index < -0.39 is 10.0 Å². The molecule has 0 aliphatic heterocycles. The van der Waals surface area contributed by atoms with Crippen LogP contribution in [0.1, 0.15) is 15.9 Å². The lowest BCUT2D eigenvalue weighted by molar-refractivity contribution is 0.0955. The van der Waals surface area contributed by atoms with Gasteiger partial charge in [0.2, 0.25) is 10.0 Å². The SMILES string of the molecule is CS(=O)(=O)Nc1ccccc1C(=O)NCCc1cccnc1. The van der Waals surface area contributed by atoms with E-state index in [0.717, 1.165) is 11.8 Å². The Kier molecular flexibility index (Phi) is 5.11. The van der Waals surface area contributed by atoms with Gasteiger partial charge in [-0.25, -0.2) is 8.42 Å². The summed E-state index contributed by atoms with van der Waals surface area (Å²) in [4.78, 5) is 16.2. The number of nitrogens with zero attached hydrogens (tertiary/aromatic N) is 1. The summed E-state index contributed by atoms with van der Waals surface area (Å²) in [5.41, 5.74) is 1.58. The molecule has 0 aliphatic rings. The Morgan fingerprint density at radius 1 is 1.18 bits per heavy atom.